The lowest BCUT2D eigenvalue weighted by Gasteiger charge is -2.14. The number of nitrogens with zero attached hydrogens (tertiary/aromatic N) is 1. The number of hydrogen-bond acceptors (Lipinski definition) is 2. The van der Waals surface area contributed by atoms with Crippen molar-refractivity contribution in [2.75, 3.05) is 0 Å². The number of carboxylic acids is 1. The Balaban J connectivity index is 2.33. The third-order valence-corrected chi connectivity index (χ3v) is 3.19. The maximum Gasteiger partial charge on any atom is 0.304 e. The zero-order chi connectivity index (χ0) is 11.1. The summed E-state index contributed by atoms with van der Waals surface area (Å²) in [6.45, 7) is 1.87. The monoisotopic (exact) mass is 225 g/mol. The van der Waals surface area contributed by atoms with Crippen molar-refractivity contribution in [2.45, 2.75) is 31.6 Å². The van der Waals surface area contributed by atoms with Crippen LogP contribution >= 0.6 is 11.6 Å². The van der Waals surface area contributed by atoms with Crippen molar-refractivity contribution >= 4 is 17.6 Å². The molecule has 0 aliphatic heterocycles. The van der Waals surface area contributed by atoms with E-state index in [-0.39, 0.29) is 11.8 Å². The second kappa shape index (κ2) is 3.49. The highest BCUT2D eigenvalue weighted by atomic mass is 35.5. The predicted molar refractivity (Wildman–Crippen MR) is 57.1 cm³/mol. The van der Waals surface area contributed by atoms with Crippen LogP contribution in [-0.4, -0.2) is 16.1 Å². The Kier molecular flexibility index (Phi) is 2.43. The van der Waals surface area contributed by atoms with Crippen LogP contribution in [0.1, 0.15) is 30.5 Å². The van der Waals surface area contributed by atoms with Gasteiger partial charge in [-0.3, -0.25) is 4.79 Å². The largest absolute Gasteiger partial charge is 0.481 e. The van der Waals surface area contributed by atoms with Crippen LogP contribution in [0.15, 0.2) is 12.1 Å². The molecular formula is C11H12ClNO2. The minimum atomic E-state index is -0.774. The Labute approximate surface area is 93.1 Å². The van der Waals surface area contributed by atoms with Gasteiger partial charge in [-0.25, -0.2) is 4.98 Å². The number of halogens is 1. The van der Waals surface area contributed by atoms with Gasteiger partial charge in [-0.1, -0.05) is 17.7 Å². The van der Waals surface area contributed by atoms with Gasteiger partial charge in [0.15, 0.2) is 0 Å². The maximum atomic E-state index is 10.7. The molecule has 1 heterocycles. The van der Waals surface area contributed by atoms with Crippen molar-refractivity contribution in [3.8, 4) is 0 Å². The van der Waals surface area contributed by atoms with Crippen molar-refractivity contribution in [2.24, 2.45) is 0 Å². The summed E-state index contributed by atoms with van der Waals surface area (Å²) >= 11 is 6.03. The molecule has 80 valence electrons. The summed E-state index contributed by atoms with van der Waals surface area (Å²) in [4.78, 5) is 14.9. The fourth-order valence-electron chi connectivity index (χ4n) is 1.90. The van der Waals surface area contributed by atoms with E-state index >= 15 is 0 Å². The summed E-state index contributed by atoms with van der Waals surface area (Å²) in [5.74, 6) is -0.774. The molecule has 4 heteroatoms. The third kappa shape index (κ3) is 1.97. The van der Waals surface area contributed by atoms with E-state index in [0.29, 0.717) is 5.15 Å². The second-order valence-electron chi connectivity index (χ2n) is 4.14. The topological polar surface area (TPSA) is 50.2 Å². The minimum Gasteiger partial charge on any atom is -0.481 e. The summed E-state index contributed by atoms with van der Waals surface area (Å²) in [5, 5.41) is 9.28. The Morgan fingerprint density at radius 1 is 1.60 bits per heavy atom. The molecule has 0 aromatic carbocycles. The Hall–Kier alpha value is -1.09. The van der Waals surface area contributed by atoms with Crippen molar-refractivity contribution in [3.63, 3.8) is 0 Å². The molecule has 1 aromatic heterocycles. The Morgan fingerprint density at radius 2 is 2.27 bits per heavy atom. The van der Waals surface area contributed by atoms with Gasteiger partial charge in [0.25, 0.3) is 0 Å². The van der Waals surface area contributed by atoms with Crippen LogP contribution in [-0.2, 0) is 10.2 Å². The second-order valence-corrected chi connectivity index (χ2v) is 4.50. The molecule has 1 aromatic rings. The third-order valence-electron chi connectivity index (χ3n) is 2.90. The van der Waals surface area contributed by atoms with E-state index in [1.165, 1.54) is 0 Å². The standard InChI is InChI=1S/C11H12ClNO2/c1-7-2-3-8(10(12)13-7)11(4-5-11)6-9(14)15/h2-3H,4-6H2,1H3,(H,14,15). The van der Waals surface area contributed by atoms with Crippen LogP contribution in [0, 0.1) is 6.92 Å². The van der Waals surface area contributed by atoms with E-state index in [9.17, 15) is 4.79 Å². The van der Waals surface area contributed by atoms with Crippen LogP contribution in [0.4, 0.5) is 0 Å². The van der Waals surface area contributed by atoms with Crippen LogP contribution < -0.4 is 0 Å². The van der Waals surface area contributed by atoms with Crippen LogP contribution in [0.5, 0.6) is 0 Å². The minimum absolute atomic E-state index is 0.150. The number of aliphatic carboxylic acids is 1. The molecule has 0 spiro atoms. The van der Waals surface area contributed by atoms with Gasteiger partial charge in [-0.05, 0) is 31.4 Å². The summed E-state index contributed by atoms with van der Waals surface area (Å²) in [5.41, 5.74) is 1.50. The molecule has 1 fully saturated rings. The number of aryl methyl sites for hydroxylation is 1. The highest BCUT2D eigenvalue weighted by Gasteiger charge is 2.47. The maximum absolute atomic E-state index is 10.7. The average Bonchev–Trinajstić information content (AvgIpc) is 2.83. The lowest BCUT2D eigenvalue weighted by Crippen LogP contribution is -2.14. The van der Waals surface area contributed by atoms with Gasteiger partial charge in [0, 0.05) is 11.1 Å². The first-order chi connectivity index (χ1) is 7.03. The molecule has 1 N–H and O–H groups in total. The van der Waals surface area contributed by atoms with Gasteiger partial charge in [0.05, 0.1) is 6.42 Å². The van der Waals surface area contributed by atoms with E-state index in [1.54, 1.807) is 0 Å². The highest BCUT2D eigenvalue weighted by molar-refractivity contribution is 6.30. The number of carbonyl (C=O) groups is 1. The van der Waals surface area contributed by atoms with E-state index in [0.717, 1.165) is 24.1 Å². The summed E-state index contributed by atoms with van der Waals surface area (Å²) < 4.78 is 0. The van der Waals surface area contributed by atoms with Crippen molar-refractivity contribution in [1.82, 2.24) is 4.98 Å². The first-order valence-electron chi connectivity index (χ1n) is 4.89. The first-order valence-corrected chi connectivity index (χ1v) is 5.27. The average molecular weight is 226 g/mol. The molecule has 15 heavy (non-hydrogen) atoms. The Morgan fingerprint density at radius 3 is 2.73 bits per heavy atom. The molecule has 1 aliphatic rings. The normalized spacial score (nSPS) is 17.5. The van der Waals surface area contributed by atoms with Crippen molar-refractivity contribution < 1.29 is 9.90 Å². The molecule has 0 atom stereocenters. The predicted octanol–water partition coefficient (Wildman–Crippen LogP) is 2.55. The van der Waals surface area contributed by atoms with Crippen LogP contribution in [0.2, 0.25) is 5.15 Å². The summed E-state index contributed by atoms with van der Waals surface area (Å²) in [6.07, 6.45) is 1.94. The summed E-state index contributed by atoms with van der Waals surface area (Å²) in [7, 11) is 0. The summed E-state index contributed by atoms with van der Waals surface area (Å²) in [6, 6.07) is 3.78. The van der Waals surface area contributed by atoms with Crippen LogP contribution in [0.3, 0.4) is 0 Å². The van der Waals surface area contributed by atoms with E-state index in [4.69, 9.17) is 16.7 Å². The van der Waals surface area contributed by atoms with Crippen LogP contribution in [0.25, 0.3) is 0 Å². The highest BCUT2D eigenvalue weighted by Crippen LogP contribution is 2.52. The van der Waals surface area contributed by atoms with E-state index < -0.39 is 5.97 Å². The molecule has 3 nitrogen and oxygen atoms in total. The number of aromatic nitrogens is 1. The van der Waals surface area contributed by atoms with Gasteiger partial charge in [-0.2, -0.15) is 0 Å². The molecular weight excluding hydrogens is 214 g/mol. The van der Waals surface area contributed by atoms with Gasteiger partial charge < -0.3 is 5.11 Å². The molecule has 0 unspecified atom stereocenters. The molecule has 0 bridgehead atoms. The van der Waals surface area contributed by atoms with E-state index in [2.05, 4.69) is 4.98 Å². The SMILES string of the molecule is Cc1ccc(C2(CC(=O)O)CC2)c(Cl)n1. The van der Waals surface area contributed by atoms with Gasteiger partial charge >= 0.3 is 5.97 Å². The van der Waals surface area contributed by atoms with Gasteiger partial charge in [0.1, 0.15) is 5.15 Å². The zero-order valence-corrected chi connectivity index (χ0v) is 9.21. The first kappa shape index (κ1) is 10.4. The number of hydrogen-bond donors (Lipinski definition) is 1. The number of rotatable bonds is 3. The fourth-order valence-corrected chi connectivity index (χ4v) is 2.30. The molecule has 1 saturated carbocycles. The molecule has 0 radical (unpaired) electrons. The van der Waals surface area contributed by atoms with Gasteiger partial charge in [-0.15, -0.1) is 0 Å². The van der Waals surface area contributed by atoms with Gasteiger partial charge in [0.2, 0.25) is 0 Å². The van der Waals surface area contributed by atoms with Crippen molar-refractivity contribution in [1.29, 1.82) is 0 Å². The quantitative estimate of drug-likeness (QED) is 0.805. The van der Waals surface area contributed by atoms with E-state index in [1.807, 2.05) is 19.1 Å². The molecule has 2 rings (SSSR count). The zero-order valence-electron chi connectivity index (χ0n) is 8.46. The number of carboxylic acid groups (broad SMARTS) is 1. The lowest BCUT2D eigenvalue weighted by molar-refractivity contribution is -0.137. The lowest BCUT2D eigenvalue weighted by atomic mass is 9.94. The molecule has 1 aliphatic carbocycles. The molecule has 0 amide bonds. The molecule has 0 saturated heterocycles. The number of pyridine rings is 1. The fraction of sp³-hybridized carbons (Fsp3) is 0.455. The smallest absolute Gasteiger partial charge is 0.304 e. The Bertz CT molecular complexity index is 413. The van der Waals surface area contributed by atoms with Crippen molar-refractivity contribution in [3.05, 3.63) is 28.5 Å².